The van der Waals surface area contributed by atoms with Gasteiger partial charge in [-0.2, -0.15) is 0 Å². The van der Waals surface area contributed by atoms with Crippen LogP contribution >= 0.6 is 0 Å². The fourth-order valence-electron chi connectivity index (χ4n) is 2.37. The van der Waals surface area contributed by atoms with Crippen molar-refractivity contribution in [2.75, 3.05) is 0 Å². The molecule has 0 heterocycles. The fraction of sp³-hybridized carbons (Fsp3) is 0.833. The second-order valence-corrected chi connectivity index (χ2v) is 4.86. The highest BCUT2D eigenvalue weighted by molar-refractivity contribution is 5.91. The average molecular weight is 195 g/mol. The topological polar surface area (TPSA) is 34.1 Å². The minimum atomic E-state index is -0.488. The molecule has 1 unspecified atom stereocenters. The summed E-state index contributed by atoms with van der Waals surface area (Å²) in [4.78, 5) is 21.7. The molecule has 14 heavy (non-hydrogen) atoms. The number of hydrogen-bond acceptors (Lipinski definition) is 2. The lowest BCUT2D eigenvalue weighted by molar-refractivity contribution is -0.119. The first-order valence-corrected chi connectivity index (χ1v) is 5.45. The molecule has 0 aromatic rings. The number of rotatable bonds is 4. The van der Waals surface area contributed by atoms with Gasteiger partial charge in [0.1, 0.15) is 5.78 Å². The van der Waals surface area contributed by atoms with Gasteiger partial charge in [-0.1, -0.05) is 26.2 Å². The van der Waals surface area contributed by atoms with E-state index in [0.717, 1.165) is 12.8 Å². The Morgan fingerprint density at radius 3 is 2.36 bits per heavy atom. The number of hydrogen-bond donors (Lipinski definition) is 0. The average Bonchev–Trinajstić information content (AvgIpc) is 2.15. The highest BCUT2D eigenvalue weighted by Crippen LogP contribution is 2.40. The molecule has 0 saturated heterocycles. The summed E-state index contributed by atoms with van der Waals surface area (Å²) in [6, 6.07) is 0. The van der Waals surface area contributed by atoms with Crippen LogP contribution in [0.4, 0.5) is 0 Å². The van der Waals surface area contributed by atoms with Crippen molar-refractivity contribution in [3.63, 3.8) is 0 Å². The van der Waals surface area contributed by atoms with Crippen LogP contribution in [0.15, 0.2) is 0 Å². The first-order valence-electron chi connectivity index (χ1n) is 5.45. The Bertz CT molecular complexity index is 214. The van der Waals surface area contributed by atoms with Gasteiger partial charge in [-0.25, -0.2) is 0 Å². The third-order valence-corrected chi connectivity index (χ3v) is 3.39. The summed E-state index contributed by atoms with van der Waals surface area (Å²) in [5, 5.41) is 0. The van der Waals surface area contributed by atoms with Crippen LogP contribution in [-0.4, -0.2) is 12.1 Å². The normalized spacial score (nSPS) is 22.7. The maximum Gasteiger partial charge on any atom is 0.209 e. The molecular weight excluding hydrogens is 176 g/mol. The van der Waals surface area contributed by atoms with Crippen LogP contribution in [0, 0.1) is 11.3 Å². The smallest absolute Gasteiger partial charge is 0.209 e. The summed E-state index contributed by atoms with van der Waals surface area (Å²) < 4.78 is 0. The molecule has 79 valence electrons. The lowest BCUT2D eigenvalue weighted by Crippen LogP contribution is -2.27. The summed E-state index contributed by atoms with van der Waals surface area (Å²) in [5.41, 5.74) is 0.200. The Hall–Kier alpha value is -0.660. The summed E-state index contributed by atoms with van der Waals surface area (Å²) in [5.74, 6) is -0.523. The lowest BCUT2D eigenvalue weighted by Gasteiger charge is -2.34. The van der Waals surface area contributed by atoms with Crippen LogP contribution < -0.4 is 0 Å². The quantitative estimate of drug-likeness (QED) is 0.646. The van der Waals surface area contributed by atoms with E-state index < -0.39 is 5.92 Å². The molecule has 0 aromatic carbocycles. The maximum atomic E-state index is 11.1. The monoisotopic (exact) mass is 195 g/mol. The van der Waals surface area contributed by atoms with Gasteiger partial charge in [0, 0.05) is 0 Å². The molecule has 0 aromatic heterocycles. The van der Waals surface area contributed by atoms with E-state index in [2.05, 4.69) is 6.92 Å². The van der Waals surface area contributed by atoms with Crippen molar-refractivity contribution in [1.82, 2.24) is 0 Å². The van der Waals surface area contributed by atoms with Gasteiger partial charge in [0.05, 0.1) is 5.92 Å². The maximum absolute atomic E-state index is 11.1. The van der Waals surface area contributed by atoms with E-state index in [-0.39, 0.29) is 11.2 Å². The molecule has 0 aliphatic heterocycles. The van der Waals surface area contributed by atoms with E-state index in [1.54, 1.807) is 0 Å². The van der Waals surface area contributed by atoms with E-state index in [0.29, 0.717) is 6.42 Å². The summed E-state index contributed by atoms with van der Waals surface area (Å²) in [7, 11) is 0. The van der Waals surface area contributed by atoms with Crippen molar-refractivity contribution in [3.8, 4) is 0 Å². The highest BCUT2D eigenvalue weighted by Gasteiger charge is 2.31. The van der Waals surface area contributed by atoms with E-state index in [1.165, 1.54) is 26.2 Å². The standard InChI is InChI=1S/C12H19O2/c1-10(14)11(9-13)8-12(2)6-4-3-5-7-12/h11H,3-8H2,1-2H3. The van der Waals surface area contributed by atoms with Gasteiger partial charge in [-0.05, 0) is 31.6 Å². The molecule has 1 rings (SSSR count). The van der Waals surface area contributed by atoms with Crippen molar-refractivity contribution in [2.24, 2.45) is 11.3 Å². The lowest BCUT2D eigenvalue weighted by atomic mass is 9.70. The third-order valence-electron chi connectivity index (χ3n) is 3.39. The van der Waals surface area contributed by atoms with Crippen LogP contribution in [0.5, 0.6) is 0 Å². The van der Waals surface area contributed by atoms with Gasteiger partial charge in [0.25, 0.3) is 0 Å². The van der Waals surface area contributed by atoms with Crippen LogP contribution in [0.25, 0.3) is 0 Å². The number of ketones is 1. The molecule has 1 aliphatic rings. The first-order chi connectivity index (χ1) is 6.57. The molecule has 2 nitrogen and oxygen atoms in total. The van der Waals surface area contributed by atoms with E-state index in [1.807, 2.05) is 6.29 Å². The number of Topliss-reactive ketones (excluding diaryl/α,β-unsaturated/α-hetero) is 1. The molecule has 0 spiro atoms. The third kappa shape index (κ3) is 2.93. The predicted molar refractivity (Wildman–Crippen MR) is 55.7 cm³/mol. The van der Waals surface area contributed by atoms with E-state index in [4.69, 9.17) is 0 Å². The Labute approximate surface area is 86.1 Å². The van der Waals surface area contributed by atoms with Crippen LogP contribution in [0.3, 0.4) is 0 Å². The van der Waals surface area contributed by atoms with Gasteiger partial charge >= 0.3 is 0 Å². The minimum absolute atomic E-state index is 0.0354. The van der Waals surface area contributed by atoms with Crippen LogP contribution in [-0.2, 0) is 9.59 Å². The van der Waals surface area contributed by atoms with Gasteiger partial charge in [0.15, 0.2) is 0 Å². The Balaban J connectivity index is 2.55. The summed E-state index contributed by atoms with van der Waals surface area (Å²) >= 11 is 0. The SMILES string of the molecule is CC(=O)C([C]=O)CC1(C)CCCCC1. The largest absolute Gasteiger partial charge is 0.299 e. The Morgan fingerprint density at radius 2 is 1.93 bits per heavy atom. The molecular formula is C12H19O2. The zero-order chi connectivity index (χ0) is 10.6. The van der Waals surface area contributed by atoms with E-state index >= 15 is 0 Å². The molecule has 1 aliphatic carbocycles. The number of carbonyl (C=O) groups is 1. The molecule has 1 radical (unpaired) electrons. The molecule has 1 saturated carbocycles. The molecule has 2 heteroatoms. The van der Waals surface area contributed by atoms with Crippen molar-refractivity contribution >= 4 is 12.1 Å². The highest BCUT2D eigenvalue weighted by atomic mass is 16.1. The van der Waals surface area contributed by atoms with Gasteiger partial charge in [-0.3, -0.25) is 9.59 Å². The summed E-state index contributed by atoms with van der Waals surface area (Å²) in [6.45, 7) is 3.68. The fourth-order valence-corrected chi connectivity index (χ4v) is 2.37. The van der Waals surface area contributed by atoms with Crippen molar-refractivity contribution in [3.05, 3.63) is 0 Å². The predicted octanol–water partition coefficient (Wildman–Crippen LogP) is 2.66. The second kappa shape index (κ2) is 4.72. The second-order valence-electron chi connectivity index (χ2n) is 4.86. The zero-order valence-corrected chi connectivity index (χ0v) is 9.14. The van der Waals surface area contributed by atoms with Gasteiger partial charge < -0.3 is 0 Å². The van der Waals surface area contributed by atoms with Crippen molar-refractivity contribution in [2.45, 2.75) is 52.4 Å². The minimum Gasteiger partial charge on any atom is -0.299 e. The van der Waals surface area contributed by atoms with Gasteiger partial charge in [0.2, 0.25) is 6.29 Å². The van der Waals surface area contributed by atoms with Crippen molar-refractivity contribution < 1.29 is 9.59 Å². The Kier molecular flexibility index (Phi) is 3.85. The van der Waals surface area contributed by atoms with E-state index in [9.17, 15) is 9.59 Å². The summed E-state index contributed by atoms with van der Waals surface area (Å²) in [6.07, 6.45) is 8.65. The van der Waals surface area contributed by atoms with Crippen LogP contribution in [0.1, 0.15) is 52.4 Å². The molecule has 1 fully saturated rings. The molecule has 0 amide bonds. The van der Waals surface area contributed by atoms with Crippen molar-refractivity contribution in [1.29, 1.82) is 0 Å². The van der Waals surface area contributed by atoms with Crippen LogP contribution in [0.2, 0.25) is 0 Å². The van der Waals surface area contributed by atoms with Gasteiger partial charge in [-0.15, -0.1) is 0 Å². The molecule has 1 atom stereocenters. The Morgan fingerprint density at radius 1 is 1.36 bits per heavy atom. The molecule has 0 bridgehead atoms. The number of carbonyl (C=O) groups excluding carboxylic acids is 2. The molecule has 0 N–H and O–H groups in total. The zero-order valence-electron chi connectivity index (χ0n) is 9.14. The first kappa shape index (κ1) is 11.4.